The Balaban J connectivity index is 0.000000699. The Bertz CT molecular complexity index is 4420. The molecule has 9 rings (SSSR count). The second kappa shape index (κ2) is 68.1. The number of rotatable bonds is 35. The van der Waals surface area contributed by atoms with Gasteiger partial charge in [0, 0.05) is 0 Å². The number of unbranched alkanes of at least 4 members (excludes halogenated alkanes) is 6. The van der Waals surface area contributed by atoms with E-state index in [-0.39, 0.29) is 53.3 Å². The molecule has 0 unspecified atom stereocenters. The highest BCUT2D eigenvalue weighted by Gasteiger charge is 2.14. The van der Waals surface area contributed by atoms with E-state index >= 15 is 0 Å². The first-order chi connectivity index (χ1) is 59.9. The molecule has 27 heteroatoms. The minimum absolute atomic E-state index is 0.269. The van der Waals surface area contributed by atoms with Gasteiger partial charge in [-0.2, -0.15) is 0 Å². The number of carboxylic acids is 1. The molecule has 672 valence electrons. The van der Waals surface area contributed by atoms with E-state index in [2.05, 4.69) is 25.5 Å². The molecule has 0 aliphatic carbocycles. The first kappa shape index (κ1) is 108. The average Bonchev–Trinajstić information content (AvgIpc) is 0.897. The Morgan fingerprint density at radius 3 is 0.661 bits per heavy atom. The lowest BCUT2D eigenvalue weighted by molar-refractivity contribution is 0.0488. The van der Waals surface area contributed by atoms with Crippen molar-refractivity contribution in [1.29, 1.82) is 0 Å². The van der Waals surface area contributed by atoms with Gasteiger partial charge in [0.25, 0.3) is 0 Å². The van der Waals surface area contributed by atoms with E-state index in [1.165, 1.54) is 39.2 Å². The number of carboxylic acid groups (broad SMARTS) is 1. The third-order valence-corrected chi connectivity index (χ3v) is 16.2. The zero-order chi connectivity index (χ0) is 92.1. The van der Waals surface area contributed by atoms with Crippen LogP contribution >= 0.6 is 0 Å². The summed E-state index contributed by atoms with van der Waals surface area (Å²) in [6.07, 6.45) is 10.3. The Hall–Kier alpha value is -13.6. The maximum absolute atomic E-state index is 11.7. The number of hydrogen-bond donors (Lipinski definition) is 1. The summed E-state index contributed by atoms with van der Waals surface area (Å²) in [4.78, 5) is 101. The average molecular weight is 1720 g/mol. The van der Waals surface area contributed by atoms with Gasteiger partial charge in [-0.1, -0.05) is 103 Å². The van der Waals surface area contributed by atoms with Crippen molar-refractivity contribution in [1.82, 2.24) is 0 Å². The van der Waals surface area contributed by atoms with Crippen LogP contribution in [0.1, 0.15) is 206 Å². The number of benzene rings is 9. The van der Waals surface area contributed by atoms with Crippen molar-refractivity contribution < 1.29 is 129 Å². The van der Waals surface area contributed by atoms with Crippen LogP contribution in [0.15, 0.2) is 218 Å². The van der Waals surface area contributed by atoms with Gasteiger partial charge < -0.3 is 85.6 Å². The van der Waals surface area contributed by atoms with Crippen molar-refractivity contribution in [3.63, 3.8) is 0 Å². The summed E-state index contributed by atoms with van der Waals surface area (Å²) in [6.45, 7) is 16.7. The summed E-state index contributed by atoms with van der Waals surface area (Å²) in [5, 5.41) is 8.51. The predicted octanol–water partition coefficient (Wildman–Crippen LogP) is 19.9. The second-order valence-corrected chi connectivity index (χ2v) is 25.2. The lowest BCUT2D eigenvalue weighted by atomic mass is 10.2. The molecule has 0 heterocycles. The second-order valence-electron chi connectivity index (χ2n) is 25.2. The Kier molecular flexibility index (Phi) is 59.5. The van der Waals surface area contributed by atoms with E-state index < -0.39 is 5.97 Å². The van der Waals surface area contributed by atoms with Crippen LogP contribution in [0.5, 0.6) is 51.7 Å². The van der Waals surface area contributed by atoms with E-state index in [1.54, 1.807) is 284 Å². The SMILES string of the molecule is CCCCCCOC(=O)c1cccc(OC)c1.CCCCCOC(=O)c1cccc(OC)c1.CCCCOC(=O)c1cccc(OC)c1.CCCOC(=O)c1cccc(OC)c1.CCOC(=O)c1ccc(OC)cc1.CCOC(=O)c1cccc(OC)c1.CCOC(=O)c1cccc(OC)c1.COC(=O)c1ccc(OC)cc1.COc1ccc(C(=O)O)cc1. The molecule has 9 aromatic rings. The van der Waals surface area contributed by atoms with Crippen molar-refractivity contribution in [3.8, 4) is 51.7 Å². The van der Waals surface area contributed by atoms with Gasteiger partial charge in [-0.3, -0.25) is 0 Å². The van der Waals surface area contributed by atoms with Gasteiger partial charge in [-0.05, 0) is 228 Å². The van der Waals surface area contributed by atoms with Crippen LogP contribution in [-0.2, 0) is 37.9 Å². The van der Waals surface area contributed by atoms with Crippen molar-refractivity contribution in [2.45, 2.75) is 113 Å². The smallest absolute Gasteiger partial charge is 0.338 e. The molecular formula is C97H122O27. The molecule has 27 nitrogen and oxygen atoms in total. The molecule has 9 aromatic carbocycles. The van der Waals surface area contributed by atoms with Gasteiger partial charge in [0.15, 0.2) is 0 Å². The van der Waals surface area contributed by atoms with Crippen LogP contribution in [-0.4, -0.2) is 176 Å². The number of esters is 8. The molecule has 0 saturated carbocycles. The van der Waals surface area contributed by atoms with Crippen molar-refractivity contribution in [3.05, 3.63) is 268 Å². The Morgan fingerprint density at radius 2 is 0.427 bits per heavy atom. The van der Waals surface area contributed by atoms with Gasteiger partial charge in [0.1, 0.15) is 51.7 Å². The van der Waals surface area contributed by atoms with Gasteiger partial charge in [-0.15, -0.1) is 0 Å². The monoisotopic (exact) mass is 1720 g/mol. The molecule has 124 heavy (non-hydrogen) atoms. The van der Waals surface area contributed by atoms with Crippen molar-refractivity contribution >= 4 is 53.7 Å². The predicted molar refractivity (Wildman–Crippen MR) is 473 cm³/mol. The lowest BCUT2D eigenvalue weighted by Gasteiger charge is -2.05. The quantitative estimate of drug-likeness (QED) is 0.0219. The normalized spacial score (nSPS) is 9.56. The highest BCUT2D eigenvalue weighted by Crippen LogP contribution is 2.21. The third-order valence-electron chi connectivity index (χ3n) is 16.2. The van der Waals surface area contributed by atoms with Crippen molar-refractivity contribution in [2.24, 2.45) is 0 Å². The Morgan fingerprint density at radius 1 is 0.210 bits per heavy atom. The fourth-order valence-corrected chi connectivity index (χ4v) is 9.50. The fraction of sp³-hybridized carbons (Fsp3) is 0.351. The highest BCUT2D eigenvalue weighted by atomic mass is 16.6. The molecule has 0 bridgehead atoms. The molecule has 0 aliphatic rings. The van der Waals surface area contributed by atoms with Crippen LogP contribution in [0.3, 0.4) is 0 Å². The zero-order valence-corrected chi connectivity index (χ0v) is 74.4. The van der Waals surface area contributed by atoms with Gasteiger partial charge in [0.05, 0.1) is 167 Å². The minimum Gasteiger partial charge on any atom is -0.497 e. The van der Waals surface area contributed by atoms with Gasteiger partial charge >= 0.3 is 53.7 Å². The zero-order valence-electron chi connectivity index (χ0n) is 74.4. The van der Waals surface area contributed by atoms with E-state index in [0.29, 0.717) is 131 Å². The molecular weight excluding hydrogens is 1600 g/mol. The molecule has 0 spiro atoms. The number of hydrogen-bond acceptors (Lipinski definition) is 26. The maximum atomic E-state index is 11.7. The molecule has 0 radical (unpaired) electrons. The summed E-state index contributed by atoms with van der Waals surface area (Å²) < 4.78 is 84.2. The number of carbonyl (C=O) groups is 9. The molecule has 0 atom stereocenters. The van der Waals surface area contributed by atoms with Crippen LogP contribution in [0.25, 0.3) is 0 Å². The summed E-state index contributed by atoms with van der Waals surface area (Å²) in [5.41, 5.74) is 4.51. The molecule has 0 aromatic heterocycles. The van der Waals surface area contributed by atoms with Crippen LogP contribution < -0.4 is 42.6 Å². The van der Waals surface area contributed by atoms with Gasteiger partial charge in [0.2, 0.25) is 0 Å². The largest absolute Gasteiger partial charge is 0.497 e. The van der Waals surface area contributed by atoms with Crippen LogP contribution in [0.2, 0.25) is 0 Å². The number of aromatic carboxylic acids is 1. The number of carbonyl (C=O) groups excluding carboxylic acids is 8. The molecule has 0 saturated heterocycles. The maximum Gasteiger partial charge on any atom is 0.338 e. The Labute approximate surface area is 729 Å². The van der Waals surface area contributed by atoms with E-state index in [4.69, 9.17) is 80.9 Å². The van der Waals surface area contributed by atoms with E-state index in [9.17, 15) is 43.2 Å². The molecule has 0 amide bonds. The summed E-state index contributed by atoms with van der Waals surface area (Å²) in [5.74, 6) is 2.76. The topological polar surface area (TPSA) is 331 Å². The standard InChI is InChI=1S/C14H20O3.C13H18O3.C12H16O3.C11H14O3.3C10H12O3.C9H10O3.C8H8O3/c1-3-4-5-6-10-17-14(15)12-8-7-9-13(11-12)16-2;1-3-4-5-9-16-13(14)11-7-6-8-12(10-11)15-2;1-3-4-8-15-12(13)10-6-5-7-11(9-10)14-2;1-3-7-14-11(12)9-5-4-6-10(8-9)13-2;1-3-13-10(11)8-4-6-9(12-2)7-5-8;2*1-3-13-10(11)8-5-4-6-9(7-8)12-2;1-11-8-5-3-7(4-6-8)9(10)12-2;1-11-7-4-2-6(3-5-7)8(9)10/h7-9,11H,3-6,10H2,1-2H3;6-8,10H,3-5,9H2,1-2H3;5-7,9H,3-4,8H2,1-2H3;4-6,8H,3,7H2,1-2H3;3*4-7H,3H2,1-2H3;3-6H,1-2H3;2-5H,1H3,(H,9,10). The lowest BCUT2D eigenvalue weighted by Crippen LogP contribution is -2.06. The van der Waals surface area contributed by atoms with Crippen molar-refractivity contribution in [2.75, 3.05) is 117 Å². The number of ether oxygens (including phenoxy) is 17. The summed E-state index contributed by atoms with van der Waals surface area (Å²) in [6, 6.07) is 61.4. The molecule has 0 fully saturated rings. The molecule has 0 aliphatic heterocycles. The van der Waals surface area contributed by atoms with E-state index in [1.807, 2.05) is 6.92 Å². The first-order valence-corrected chi connectivity index (χ1v) is 40.2. The minimum atomic E-state index is -0.923. The summed E-state index contributed by atoms with van der Waals surface area (Å²) in [7, 11) is 15.5. The fourth-order valence-electron chi connectivity index (χ4n) is 9.50. The highest BCUT2D eigenvalue weighted by molar-refractivity contribution is 5.93. The van der Waals surface area contributed by atoms with Crippen LogP contribution in [0, 0.1) is 0 Å². The number of methoxy groups -OCH3 is 10. The van der Waals surface area contributed by atoms with Crippen LogP contribution in [0.4, 0.5) is 0 Å². The van der Waals surface area contributed by atoms with Gasteiger partial charge in [-0.25, -0.2) is 43.2 Å². The van der Waals surface area contributed by atoms with E-state index in [0.717, 1.165) is 62.9 Å². The summed E-state index contributed by atoms with van der Waals surface area (Å²) >= 11 is 0. The first-order valence-electron chi connectivity index (χ1n) is 40.2. The molecule has 1 N–H and O–H groups in total. The third kappa shape index (κ3) is 46.8.